The smallest absolute Gasteiger partial charge is 0.270 e. The first-order valence-corrected chi connectivity index (χ1v) is 11.3. The second-order valence-corrected chi connectivity index (χ2v) is 8.73. The number of carbonyl (C=O) groups excluding carboxylic acids is 1. The topological polar surface area (TPSA) is 68.4 Å². The number of benzene rings is 2. The molecule has 7 heteroatoms. The monoisotopic (exact) mass is 451 g/mol. The standard InChI is InChI=1S/C25H26ClN3O3/c26-21-9-4-7-19(15-21)17-27-14-6-13-24(27)18-28(22-10-2-1-3-11-22)25(30)20-8-5-12-23(16-20)29(31)32/h4-9,12-16,22H,1-3,10-11,17-18H2. The van der Waals surface area contributed by atoms with E-state index in [1.807, 2.05) is 47.5 Å². The van der Waals surface area contributed by atoms with Gasteiger partial charge in [0, 0.05) is 47.2 Å². The Morgan fingerprint density at radius 1 is 1.06 bits per heavy atom. The van der Waals surface area contributed by atoms with Crippen molar-refractivity contribution in [1.82, 2.24) is 9.47 Å². The normalized spacial score (nSPS) is 14.3. The Hall–Kier alpha value is -3.12. The molecule has 1 saturated carbocycles. The van der Waals surface area contributed by atoms with E-state index < -0.39 is 4.92 Å². The molecule has 0 unspecified atom stereocenters. The summed E-state index contributed by atoms with van der Waals surface area (Å²) in [5.41, 5.74) is 2.40. The zero-order chi connectivity index (χ0) is 22.5. The minimum atomic E-state index is -0.460. The van der Waals surface area contributed by atoms with Crippen LogP contribution in [0.5, 0.6) is 0 Å². The van der Waals surface area contributed by atoms with Crippen LogP contribution < -0.4 is 0 Å². The third kappa shape index (κ3) is 5.19. The van der Waals surface area contributed by atoms with E-state index in [4.69, 9.17) is 11.6 Å². The summed E-state index contributed by atoms with van der Waals surface area (Å²) in [5, 5.41) is 11.9. The van der Waals surface area contributed by atoms with E-state index >= 15 is 0 Å². The van der Waals surface area contributed by atoms with Crippen molar-refractivity contribution < 1.29 is 9.72 Å². The Morgan fingerprint density at radius 3 is 2.59 bits per heavy atom. The van der Waals surface area contributed by atoms with Crippen LogP contribution >= 0.6 is 11.6 Å². The summed E-state index contributed by atoms with van der Waals surface area (Å²) in [5.74, 6) is -0.156. The van der Waals surface area contributed by atoms with Crippen molar-refractivity contribution in [3.8, 4) is 0 Å². The SMILES string of the molecule is O=C(c1cccc([N+](=O)[O-])c1)N(Cc1cccn1Cc1cccc(Cl)c1)C1CCCCC1. The average Bonchev–Trinajstić information content (AvgIpc) is 3.24. The Balaban J connectivity index is 1.61. The molecule has 6 nitrogen and oxygen atoms in total. The highest BCUT2D eigenvalue weighted by Crippen LogP contribution is 2.27. The first kappa shape index (κ1) is 22.1. The molecule has 1 fully saturated rings. The lowest BCUT2D eigenvalue weighted by Gasteiger charge is -2.35. The molecule has 0 saturated heterocycles. The number of rotatable bonds is 7. The third-order valence-electron chi connectivity index (χ3n) is 6.08. The molecule has 3 aromatic rings. The number of nitro benzene ring substituents is 1. The maximum absolute atomic E-state index is 13.5. The maximum Gasteiger partial charge on any atom is 0.270 e. The van der Waals surface area contributed by atoms with Crippen molar-refractivity contribution >= 4 is 23.2 Å². The number of nitrogens with zero attached hydrogens (tertiary/aromatic N) is 3. The number of halogens is 1. The molecule has 1 amide bonds. The number of nitro groups is 1. The van der Waals surface area contributed by atoms with Gasteiger partial charge < -0.3 is 9.47 Å². The van der Waals surface area contributed by atoms with E-state index in [0.717, 1.165) is 36.9 Å². The van der Waals surface area contributed by atoms with Crippen LogP contribution in [0.1, 0.15) is 53.7 Å². The first-order valence-electron chi connectivity index (χ1n) is 10.9. The lowest BCUT2D eigenvalue weighted by Crippen LogP contribution is -2.41. The van der Waals surface area contributed by atoms with Crippen LogP contribution in [0.25, 0.3) is 0 Å². The van der Waals surface area contributed by atoms with Gasteiger partial charge in [-0.2, -0.15) is 0 Å². The number of hydrogen-bond acceptors (Lipinski definition) is 3. The van der Waals surface area contributed by atoms with Gasteiger partial charge in [0.25, 0.3) is 11.6 Å². The quantitative estimate of drug-likeness (QED) is 0.323. The zero-order valence-electron chi connectivity index (χ0n) is 17.8. The van der Waals surface area contributed by atoms with Gasteiger partial charge in [0.15, 0.2) is 0 Å². The minimum Gasteiger partial charge on any atom is -0.345 e. The van der Waals surface area contributed by atoms with Crippen LogP contribution in [0.15, 0.2) is 66.9 Å². The van der Waals surface area contributed by atoms with Gasteiger partial charge in [-0.15, -0.1) is 0 Å². The van der Waals surface area contributed by atoms with Crippen LogP contribution in [0, 0.1) is 10.1 Å². The van der Waals surface area contributed by atoms with E-state index in [2.05, 4.69) is 4.57 Å². The minimum absolute atomic E-state index is 0.0659. The van der Waals surface area contributed by atoms with Crippen LogP contribution in [0.4, 0.5) is 5.69 Å². The fourth-order valence-corrected chi connectivity index (χ4v) is 4.64. The molecule has 0 N–H and O–H groups in total. The van der Waals surface area contributed by atoms with Gasteiger partial charge in [0.2, 0.25) is 0 Å². The molecule has 1 aromatic heterocycles. The number of hydrogen-bond donors (Lipinski definition) is 0. The molecule has 166 valence electrons. The van der Waals surface area contributed by atoms with E-state index in [1.165, 1.54) is 18.6 Å². The molecule has 4 rings (SSSR count). The zero-order valence-corrected chi connectivity index (χ0v) is 18.6. The molecule has 32 heavy (non-hydrogen) atoms. The lowest BCUT2D eigenvalue weighted by atomic mass is 9.93. The molecule has 0 spiro atoms. The predicted molar refractivity (Wildman–Crippen MR) is 125 cm³/mol. The van der Waals surface area contributed by atoms with Crippen molar-refractivity contribution in [3.05, 3.63) is 98.8 Å². The highest BCUT2D eigenvalue weighted by Gasteiger charge is 2.28. The van der Waals surface area contributed by atoms with Gasteiger partial charge in [-0.25, -0.2) is 0 Å². The third-order valence-corrected chi connectivity index (χ3v) is 6.31. The van der Waals surface area contributed by atoms with E-state index in [0.29, 0.717) is 23.7 Å². The Kier molecular flexibility index (Phi) is 6.90. The second-order valence-electron chi connectivity index (χ2n) is 8.29. The lowest BCUT2D eigenvalue weighted by molar-refractivity contribution is -0.384. The Bertz CT molecular complexity index is 1110. The number of amides is 1. The molecule has 1 aliphatic rings. The molecule has 2 aromatic carbocycles. The van der Waals surface area contributed by atoms with Crippen LogP contribution in [0.2, 0.25) is 5.02 Å². The Labute approximate surface area is 192 Å². The van der Waals surface area contributed by atoms with Crippen molar-refractivity contribution in [2.24, 2.45) is 0 Å². The van der Waals surface area contributed by atoms with Crippen LogP contribution in [0.3, 0.4) is 0 Å². The summed E-state index contributed by atoms with van der Waals surface area (Å²) in [6.45, 7) is 1.12. The van der Waals surface area contributed by atoms with Crippen molar-refractivity contribution in [2.75, 3.05) is 0 Å². The predicted octanol–water partition coefficient (Wildman–Crippen LogP) is 6.07. The van der Waals surface area contributed by atoms with Gasteiger partial charge in [-0.3, -0.25) is 14.9 Å². The highest BCUT2D eigenvalue weighted by molar-refractivity contribution is 6.30. The van der Waals surface area contributed by atoms with E-state index in [-0.39, 0.29) is 17.6 Å². The van der Waals surface area contributed by atoms with Gasteiger partial charge in [-0.1, -0.05) is 49.1 Å². The molecule has 0 radical (unpaired) electrons. The molecule has 0 bridgehead atoms. The fraction of sp³-hybridized carbons (Fsp3) is 0.320. The van der Waals surface area contributed by atoms with Gasteiger partial charge >= 0.3 is 0 Å². The molecule has 0 atom stereocenters. The van der Waals surface area contributed by atoms with Crippen molar-refractivity contribution in [1.29, 1.82) is 0 Å². The molecular formula is C25H26ClN3O3. The number of aromatic nitrogens is 1. The summed E-state index contributed by atoms with van der Waals surface area (Å²) >= 11 is 6.14. The Morgan fingerprint density at radius 2 is 1.84 bits per heavy atom. The van der Waals surface area contributed by atoms with E-state index in [1.54, 1.807) is 12.1 Å². The second kappa shape index (κ2) is 10.0. The average molecular weight is 452 g/mol. The molecular weight excluding hydrogens is 426 g/mol. The van der Waals surface area contributed by atoms with E-state index in [9.17, 15) is 14.9 Å². The van der Waals surface area contributed by atoms with Gasteiger partial charge in [-0.05, 0) is 48.7 Å². The molecule has 0 aliphatic heterocycles. The van der Waals surface area contributed by atoms with Crippen LogP contribution in [-0.2, 0) is 13.1 Å². The van der Waals surface area contributed by atoms with Crippen molar-refractivity contribution in [2.45, 2.75) is 51.2 Å². The largest absolute Gasteiger partial charge is 0.345 e. The van der Waals surface area contributed by atoms with Crippen molar-refractivity contribution in [3.63, 3.8) is 0 Å². The van der Waals surface area contributed by atoms with Gasteiger partial charge in [0.05, 0.1) is 11.5 Å². The number of non-ortho nitro benzene ring substituents is 1. The summed E-state index contributed by atoms with van der Waals surface area (Å²) < 4.78 is 2.13. The first-order chi connectivity index (χ1) is 15.5. The summed E-state index contributed by atoms with van der Waals surface area (Å²) in [6, 6.07) is 17.9. The maximum atomic E-state index is 13.5. The fourth-order valence-electron chi connectivity index (χ4n) is 4.43. The molecule has 1 aliphatic carbocycles. The molecule has 1 heterocycles. The van der Waals surface area contributed by atoms with Gasteiger partial charge in [0.1, 0.15) is 0 Å². The highest BCUT2D eigenvalue weighted by atomic mass is 35.5. The summed E-state index contributed by atoms with van der Waals surface area (Å²) in [7, 11) is 0. The summed E-state index contributed by atoms with van der Waals surface area (Å²) in [4.78, 5) is 26.2. The number of carbonyl (C=O) groups is 1. The summed E-state index contributed by atoms with van der Waals surface area (Å²) in [6.07, 6.45) is 7.28. The van der Waals surface area contributed by atoms with Crippen LogP contribution in [-0.4, -0.2) is 26.3 Å².